The molecule has 21 heavy (non-hydrogen) atoms. The molecule has 3 atom stereocenters. The van der Waals surface area contributed by atoms with Gasteiger partial charge >= 0.3 is 0 Å². The lowest BCUT2D eigenvalue weighted by atomic mass is 10.0. The third-order valence-corrected chi connectivity index (χ3v) is 5.28. The Hall–Kier alpha value is -1.29. The van der Waals surface area contributed by atoms with Crippen LogP contribution in [0.25, 0.3) is 0 Å². The van der Waals surface area contributed by atoms with Gasteiger partial charge in [-0.3, -0.25) is 0 Å². The Bertz CT molecular complexity index is 607. The maximum absolute atomic E-state index is 13.6. The van der Waals surface area contributed by atoms with E-state index in [1.54, 1.807) is 10.4 Å². The van der Waals surface area contributed by atoms with E-state index in [1.807, 2.05) is 26.8 Å². The summed E-state index contributed by atoms with van der Waals surface area (Å²) in [6, 6.07) is 5.68. The summed E-state index contributed by atoms with van der Waals surface area (Å²) in [4.78, 5) is 0. The Morgan fingerprint density at radius 3 is 2.67 bits per heavy atom. The monoisotopic (exact) mass is 310 g/mol. The van der Waals surface area contributed by atoms with Crippen LogP contribution in [0.1, 0.15) is 44.4 Å². The summed E-state index contributed by atoms with van der Waals surface area (Å²) in [5.41, 5.74) is 0.814. The fourth-order valence-electron chi connectivity index (χ4n) is 2.49. The van der Waals surface area contributed by atoms with Crippen molar-refractivity contribution >= 4 is 11.0 Å². The summed E-state index contributed by atoms with van der Waals surface area (Å²) in [7, 11) is -1.31. The van der Waals surface area contributed by atoms with Crippen LogP contribution in [0.15, 0.2) is 18.2 Å². The topological polar surface area (TPSA) is 64.3 Å². The lowest BCUT2D eigenvalue weighted by Crippen LogP contribution is -2.38. The summed E-state index contributed by atoms with van der Waals surface area (Å²) in [5, 5.41) is 18.9. The molecule has 114 valence electrons. The van der Waals surface area contributed by atoms with E-state index in [2.05, 4.69) is 0 Å². The zero-order chi connectivity index (χ0) is 15.8. The van der Waals surface area contributed by atoms with E-state index in [4.69, 9.17) is 5.26 Å². The Kier molecular flexibility index (Phi) is 4.47. The van der Waals surface area contributed by atoms with E-state index < -0.39 is 27.7 Å². The van der Waals surface area contributed by atoms with Crippen molar-refractivity contribution in [3.05, 3.63) is 35.1 Å². The van der Waals surface area contributed by atoms with Crippen molar-refractivity contribution < 1.29 is 13.7 Å². The van der Waals surface area contributed by atoms with Crippen LogP contribution in [0.5, 0.6) is 0 Å². The second-order valence-electron chi connectivity index (χ2n) is 6.25. The first-order chi connectivity index (χ1) is 9.72. The number of nitriles is 1. The number of aliphatic hydroxyl groups is 1. The number of halogens is 1. The van der Waals surface area contributed by atoms with Crippen molar-refractivity contribution in [1.82, 2.24) is 4.31 Å². The highest BCUT2D eigenvalue weighted by Crippen LogP contribution is 2.36. The van der Waals surface area contributed by atoms with E-state index in [0.717, 1.165) is 0 Å². The molecule has 1 heterocycles. The summed E-state index contributed by atoms with van der Waals surface area (Å²) in [6.07, 6.45) is -0.217. The van der Waals surface area contributed by atoms with Crippen LogP contribution in [0.4, 0.5) is 4.39 Å². The number of benzene rings is 1. The molecule has 0 spiro atoms. The zero-order valence-electron chi connectivity index (χ0n) is 12.3. The molecule has 0 amide bonds. The quantitative estimate of drug-likeness (QED) is 0.911. The van der Waals surface area contributed by atoms with Crippen molar-refractivity contribution in [2.24, 2.45) is 0 Å². The van der Waals surface area contributed by atoms with Gasteiger partial charge < -0.3 is 5.11 Å². The zero-order valence-corrected chi connectivity index (χ0v) is 13.2. The number of β-amino-alcohol motifs (C(OH)–C–C–N with tert-alkyl or cyclic N) is 1. The molecule has 0 bridgehead atoms. The summed E-state index contributed by atoms with van der Waals surface area (Å²) in [5.74, 6) is -0.494. The maximum Gasteiger partial charge on any atom is 0.124 e. The summed E-state index contributed by atoms with van der Waals surface area (Å²) in [6.45, 7) is 5.86. The number of aliphatic hydroxyl groups excluding tert-OH is 1. The molecular weight excluding hydrogens is 291 g/mol. The normalized spacial score (nSPS) is 24.8. The van der Waals surface area contributed by atoms with Crippen molar-refractivity contribution in [2.75, 3.05) is 6.54 Å². The smallest absolute Gasteiger partial charge is 0.124 e. The molecule has 1 aromatic rings. The number of nitrogens with zero attached hydrogens (tertiary/aromatic N) is 2. The molecular formula is C15H19FN2O2S. The van der Waals surface area contributed by atoms with Gasteiger partial charge in [0.05, 0.1) is 28.5 Å². The minimum atomic E-state index is -1.31. The minimum absolute atomic E-state index is 0.230. The molecule has 0 saturated carbocycles. The molecule has 4 nitrogen and oxygen atoms in total. The molecule has 0 aliphatic carbocycles. The highest BCUT2D eigenvalue weighted by atomic mass is 32.2. The molecule has 1 N–H and O–H groups in total. The Morgan fingerprint density at radius 2 is 2.10 bits per heavy atom. The van der Waals surface area contributed by atoms with Crippen LogP contribution in [0.3, 0.4) is 0 Å². The SMILES string of the molecule is CC(C)(C)S(=O)N1CC(O)CC1c1cc(F)cc(C#N)c1. The molecule has 1 aliphatic rings. The Morgan fingerprint density at radius 1 is 1.43 bits per heavy atom. The van der Waals surface area contributed by atoms with Gasteiger partial charge in [-0.2, -0.15) is 5.26 Å². The number of rotatable bonds is 2. The summed E-state index contributed by atoms with van der Waals surface area (Å²) < 4.78 is 27.5. The van der Waals surface area contributed by atoms with Gasteiger partial charge in [0, 0.05) is 6.54 Å². The van der Waals surface area contributed by atoms with Gasteiger partial charge in [0.15, 0.2) is 0 Å². The predicted octanol–water partition coefficient (Wildman–Crippen LogP) is 2.27. The van der Waals surface area contributed by atoms with Crippen molar-refractivity contribution in [3.63, 3.8) is 0 Å². The lowest BCUT2D eigenvalue weighted by Gasteiger charge is -2.30. The molecule has 0 radical (unpaired) electrons. The van der Waals surface area contributed by atoms with Gasteiger partial charge in [-0.15, -0.1) is 0 Å². The lowest BCUT2D eigenvalue weighted by molar-refractivity contribution is 0.189. The van der Waals surface area contributed by atoms with E-state index in [1.165, 1.54) is 12.1 Å². The fraction of sp³-hybridized carbons (Fsp3) is 0.533. The van der Waals surface area contributed by atoms with Crippen molar-refractivity contribution in [2.45, 2.75) is 44.1 Å². The second-order valence-corrected chi connectivity index (χ2v) is 8.44. The third-order valence-electron chi connectivity index (χ3n) is 3.40. The molecule has 1 aliphatic heterocycles. The van der Waals surface area contributed by atoms with E-state index in [0.29, 0.717) is 12.0 Å². The predicted molar refractivity (Wildman–Crippen MR) is 79.1 cm³/mol. The van der Waals surface area contributed by atoms with Crippen molar-refractivity contribution in [3.8, 4) is 6.07 Å². The first-order valence-electron chi connectivity index (χ1n) is 6.79. The average Bonchev–Trinajstić information content (AvgIpc) is 2.78. The standard InChI is InChI=1S/C15H19FN2O2S/c1-15(2,3)21(20)18-9-13(19)7-14(18)11-4-10(8-17)5-12(16)6-11/h4-6,13-14,19H,7,9H2,1-3H3. The molecule has 1 saturated heterocycles. The van der Waals surface area contributed by atoms with Gasteiger partial charge in [-0.25, -0.2) is 12.9 Å². The van der Waals surface area contributed by atoms with Crippen LogP contribution in [-0.4, -0.2) is 31.0 Å². The summed E-state index contributed by atoms with van der Waals surface area (Å²) >= 11 is 0. The number of hydrogen-bond acceptors (Lipinski definition) is 3. The van der Waals surface area contributed by atoms with Gasteiger partial charge in [-0.05, 0) is 51.0 Å². The highest BCUT2D eigenvalue weighted by molar-refractivity contribution is 7.84. The van der Waals surface area contributed by atoms with Gasteiger partial charge in [-0.1, -0.05) is 0 Å². The molecule has 6 heteroatoms. The Labute approximate surface area is 126 Å². The third kappa shape index (κ3) is 3.49. The maximum atomic E-state index is 13.6. The minimum Gasteiger partial charge on any atom is -0.392 e. The van der Waals surface area contributed by atoms with Gasteiger partial charge in [0.2, 0.25) is 0 Å². The fourth-order valence-corrected chi connectivity index (χ4v) is 3.94. The number of hydrogen-bond donors (Lipinski definition) is 1. The van der Waals surface area contributed by atoms with Crippen LogP contribution in [0.2, 0.25) is 0 Å². The first kappa shape index (κ1) is 16.1. The van der Waals surface area contributed by atoms with Crippen LogP contribution in [0, 0.1) is 17.1 Å². The molecule has 2 rings (SSSR count). The van der Waals surface area contributed by atoms with E-state index in [-0.39, 0.29) is 18.2 Å². The van der Waals surface area contributed by atoms with Crippen molar-refractivity contribution in [1.29, 1.82) is 5.26 Å². The largest absolute Gasteiger partial charge is 0.392 e. The molecule has 1 aromatic carbocycles. The molecule has 3 unspecified atom stereocenters. The highest BCUT2D eigenvalue weighted by Gasteiger charge is 2.39. The van der Waals surface area contributed by atoms with Gasteiger partial charge in [0.25, 0.3) is 0 Å². The van der Waals surface area contributed by atoms with Crippen LogP contribution >= 0.6 is 0 Å². The van der Waals surface area contributed by atoms with Gasteiger partial charge in [0.1, 0.15) is 16.8 Å². The second kappa shape index (κ2) is 5.84. The van der Waals surface area contributed by atoms with E-state index in [9.17, 15) is 13.7 Å². The molecule has 0 aromatic heterocycles. The van der Waals surface area contributed by atoms with E-state index >= 15 is 0 Å². The Balaban J connectivity index is 2.39. The average molecular weight is 310 g/mol. The first-order valence-corrected chi connectivity index (χ1v) is 7.90. The van der Waals surface area contributed by atoms with Crippen LogP contribution in [-0.2, 0) is 11.0 Å². The molecule has 1 fully saturated rings. The van der Waals surface area contributed by atoms with Crippen LogP contribution < -0.4 is 0 Å².